The second kappa shape index (κ2) is 7.69. The van der Waals surface area contributed by atoms with E-state index in [1.54, 1.807) is 24.4 Å². The van der Waals surface area contributed by atoms with Gasteiger partial charge in [-0.2, -0.15) is 4.98 Å². The largest absolute Gasteiger partial charge is 0.356 e. The van der Waals surface area contributed by atoms with Gasteiger partial charge in [-0.15, -0.1) is 0 Å². The van der Waals surface area contributed by atoms with Crippen molar-refractivity contribution in [3.05, 3.63) is 54.2 Å². The lowest BCUT2D eigenvalue weighted by Crippen LogP contribution is -2.26. The van der Waals surface area contributed by atoms with E-state index in [0.717, 1.165) is 5.82 Å². The van der Waals surface area contributed by atoms with Crippen LogP contribution in [0.1, 0.15) is 18.1 Å². The lowest BCUT2D eigenvalue weighted by molar-refractivity contribution is -0.121. The number of amides is 1. The fourth-order valence-corrected chi connectivity index (χ4v) is 2.37. The highest BCUT2D eigenvalue weighted by Gasteiger charge is 2.13. The molecule has 0 saturated carbocycles. The van der Waals surface area contributed by atoms with Crippen LogP contribution in [0.25, 0.3) is 11.4 Å². The number of imidazole rings is 1. The summed E-state index contributed by atoms with van der Waals surface area (Å²) in [5, 5.41) is 6.59. The number of nitrogens with one attached hydrogen (secondary N) is 1. The molecule has 0 saturated heterocycles. The van der Waals surface area contributed by atoms with Crippen LogP contribution in [0.5, 0.6) is 0 Å². The van der Waals surface area contributed by atoms with Gasteiger partial charge in [0.15, 0.2) is 0 Å². The van der Waals surface area contributed by atoms with Crippen LogP contribution in [-0.2, 0) is 24.7 Å². The number of benzene rings is 1. The Morgan fingerprint density at radius 2 is 2.16 bits per heavy atom. The molecule has 2 aromatic heterocycles. The molecule has 0 aliphatic rings. The molecule has 1 N–H and O–H groups in total. The maximum Gasteiger partial charge on any atom is 0.227 e. The molecule has 0 spiro atoms. The minimum Gasteiger partial charge on any atom is -0.356 e. The third kappa shape index (κ3) is 4.28. The van der Waals surface area contributed by atoms with Crippen molar-refractivity contribution < 1.29 is 13.7 Å². The van der Waals surface area contributed by atoms with Crippen LogP contribution >= 0.6 is 0 Å². The number of aromatic nitrogens is 4. The molecule has 1 aromatic carbocycles. The van der Waals surface area contributed by atoms with Gasteiger partial charge in [-0.1, -0.05) is 17.3 Å². The number of halogens is 1. The van der Waals surface area contributed by atoms with Crippen molar-refractivity contribution in [3.63, 3.8) is 0 Å². The number of hydrogen-bond donors (Lipinski definition) is 1. The van der Waals surface area contributed by atoms with Crippen molar-refractivity contribution in [2.24, 2.45) is 7.05 Å². The zero-order valence-electron chi connectivity index (χ0n) is 13.8. The van der Waals surface area contributed by atoms with Crippen molar-refractivity contribution in [3.8, 4) is 11.4 Å². The first-order chi connectivity index (χ1) is 12.1. The third-order valence-corrected chi connectivity index (χ3v) is 3.74. The van der Waals surface area contributed by atoms with E-state index < -0.39 is 5.82 Å². The van der Waals surface area contributed by atoms with E-state index in [0.29, 0.717) is 25.3 Å². The average molecular weight is 343 g/mol. The molecule has 0 radical (unpaired) electrons. The fourth-order valence-electron chi connectivity index (χ4n) is 2.37. The molecule has 25 heavy (non-hydrogen) atoms. The maximum atomic E-state index is 13.7. The molecule has 0 aliphatic heterocycles. The van der Waals surface area contributed by atoms with Crippen molar-refractivity contribution in [1.82, 2.24) is 25.0 Å². The van der Waals surface area contributed by atoms with E-state index in [2.05, 4.69) is 20.4 Å². The van der Waals surface area contributed by atoms with Gasteiger partial charge in [0, 0.05) is 45.2 Å². The first kappa shape index (κ1) is 16.8. The van der Waals surface area contributed by atoms with Gasteiger partial charge in [0.25, 0.3) is 0 Å². The van der Waals surface area contributed by atoms with Crippen molar-refractivity contribution in [1.29, 1.82) is 0 Å². The Bertz CT molecular complexity index is 858. The second-order valence-electron chi connectivity index (χ2n) is 5.55. The quantitative estimate of drug-likeness (QED) is 0.708. The van der Waals surface area contributed by atoms with Gasteiger partial charge >= 0.3 is 0 Å². The normalized spacial score (nSPS) is 10.8. The highest BCUT2D eigenvalue weighted by Crippen LogP contribution is 2.19. The summed E-state index contributed by atoms with van der Waals surface area (Å²) in [6.07, 6.45) is 4.77. The van der Waals surface area contributed by atoms with Gasteiger partial charge in [-0.05, 0) is 12.1 Å². The van der Waals surface area contributed by atoms with E-state index in [9.17, 15) is 9.18 Å². The van der Waals surface area contributed by atoms with Gasteiger partial charge in [-0.25, -0.2) is 9.37 Å². The van der Waals surface area contributed by atoms with Crippen LogP contribution in [0.15, 0.2) is 41.2 Å². The first-order valence-electron chi connectivity index (χ1n) is 7.94. The molecule has 1 amide bonds. The molecular weight excluding hydrogens is 325 g/mol. The Morgan fingerprint density at radius 3 is 2.92 bits per heavy atom. The highest BCUT2D eigenvalue weighted by atomic mass is 19.1. The van der Waals surface area contributed by atoms with Gasteiger partial charge in [-0.3, -0.25) is 4.79 Å². The Balaban J connectivity index is 1.46. The molecule has 3 aromatic rings. The number of carbonyl (C=O) groups is 1. The molecule has 0 aliphatic carbocycles. The number of rotatable bonds is 7. The highest BCUT2D eigenvalue weighted by molar-refractivity contribution is 5.76. The van der Waals surface area contributed by atoms with Crippen molar-refractivity contribution in [2.45, 2.75) is 19.3 Å². The monoisotopic (exact) mass is 343 g/mol. The van der Waals surface area contributed by atoms with E-state index in [1.807, 2.05) is 17.8 Å². The van der Waals surface area contributed by atoms with Crippen molar-refractivity contribution in [2.75, 3.05) is 6.54 Å². The van der Waals surface area contributed by atoms with Gasteiger partial charge in [0.2, 0.25) is 17.6 Å². The predicted octanol–water partition coefficient (Wildman–Crippen LogP) is 1.90. The summed E-state index contributed by atoms with van der Waals surface area (Å²) < 4.78 is 20.7. The zero-order valence-corrected chi connectivity index (χ0v) is 13.8. The number of aryl methyl sites for hydroxylation is 2. The molecule has 0 unspecified atom stereocenters. The lowest BCUT2D eigenvalue weighted by Gasteiger charge is -2.04. The standard InChI is InChI=1S/C17H18FN5O2/c1-23-11-10-19-14(23)8-9-20-15(24)6-7-16-21-17(22-25-16)12-4-2-3-5-13(12)18/h2-5,10-11H,6-9H2,1H3,(H,20,24). The molecule has 130 valence electrons. The van der Waals surface area contributed by atoms with Crippen LogP contribution in [0.4, 0.5) is 4.39 Å². The SMILES string of the molecule is Cn1ccnc1CCNC(=O)CCc1nc(-c2ccccc2F)no1. The zero-order chi connectivity index (χ0) is 17.6. The molecule has 0 atom stereocenters. The van der Waals surface area contributed by atoms with Crippen LogP contribution in [-0.4, -0.2) is 32.1 Å². The minimum atomic E-state index is -0.415. The molecule has 3 rings (SSSR count). The Hall–Kier alpha value is -3.03. The third-order valence-electron chi connectivity index (χ3n) is 3.74. The first-order valence-corrected chi connectivity index (χ1v) is 7.94. The van der Waals surface area contributed by atoms with Crippen LogP contribution < -0.4 is 5.32 Å². The van der Waals surface area contributed by atoms with Gasteiger partial charge in [0.05, 0.1) is 5.56 Å². The molecule has 7 nitrogen and oxygen atoms in total. The summed E-state index contributed by atoms with van der Waals surface area (Å²) in [5.41, 5.74) is 0.275. The Morgan fingerprint density at radius 1 is 1.32 bits per heavy atom. The topological polar surface area (TPSA) is 85.8 Å². The summed E-state index contributed by atoms with van der Waals surface area (Å²) in [5.74, 6) is 0.870. The summed E-state index contributed by atoms with van der Waals surface area (Å²) in [6.45, 7) is 0.508. The Kier molecular flexibility index (Phi) is 5.17. The average Bonchev–Trinajstić information content (AvgIpc) is 3.23. The van der Waals surface area contributed by atoms with Crippen LogP contribution in [0, 0.1) is 5.82 Å². The van der Waals surface area contributed by atoms with Gasteiger partial charge in [0.1, 0.15) is 11.6 Å². The fraction of sp³-hybridized carbons (Fsp3) is 0.294. The maximum absolute atomic E-state index is 13.7. The molecule has 8 heteroatoms. The molecule has 2 heterocycles. The van der Waals surface area contributed by atoms with Gasteiger partial charge < -0.3 is 14.4 Å². The summed E-state index contributed by atoms with van der Waals surface area (Å²) in [7, 11) is 1.91. The summed E-state index contributed by atoms with van der Waals surface area (Å²) >= 11 is 0. The summed E-state index contributed by atoms with van der Waals surface area (Å²) in [4.78, 5) is 20.2. The van der Waals surface area contributed by atoms with Crippen LogP contribution in [0.2, 0.25) is 0 Å². The van der Waals surface area contributed by atoms with E-state index >= 15 is 0 Å². The van der Waals surface area contributed by atoms with E-state index in [-0.39, 0.29) is 23.7 Å². The minimum absolute atomic E-state index is 0.111. The number of hydrogen-bond acceptors (Lipinski definition) is 5. The molecular formula is C17H18FN5O2. The Labute approximate surface area is 143 Å². The second-order valence-corrected chi connectivity index (χ2v) is 5.55. The van der Waals surface area contributed by atoms with E-state index in [4.69, 9.17) is 4.52 Å². The summed E-state index contributed by atoms with van der Waals surface area (Å²) in [6, 6.07) is 6.20. The van der Waals surface area contributed by atoms with Crippen LogP contribution in [0.3, 0.4) is 0 Å². The number of carbonyl (C=O) groups excluding carboxylic acids is 1. The lowest BCUT2D eigenvalue weighted by atomic mass is 10.2. The smallest absolute Gasteiger partial charge is 0.227 e. The predicted molar refractivity (Wildman–Crippen MR) is 87.9 cm³/mol. The van der Waals surface area contributed by atoms with Crippen molar-refractivity contribution >= 4 is 5.91 Å². The molecule has 0 bridgehead atoms. The van der Waals surface area contributed by atoms with E-state index in [1.165, 1.54) is 6.07 Å². The molecule has 0 fully saturated rings. The number of nitrogens with zero attached hydrogens (tertiary/aromatic N) is 4.